The van der Waals surface area contributed by atoms with Gasteiger partial charge in [-0.05, 0) is 79.2 Å². The number of likely N-dealkylation sites (tertiary alicyclic amines) is 1. The van der Waals surface area contributed by atoms with Crippen LogP contribution in [0.25, 0.3) is 0 Å². The van der Waals surface area contributed by atoms with Crippen LogP contribution in [0, 0.1) is 5.92 Å². The number of hydrogen-bond acceptors (Lipinski definition) is 6. The summed E-state index contributed by atoms with van der Waals surface area (Å²) in [6.07, 6.45) is 8.99. The van der Waals surface area contributed by atoms with Crippen LogP contribution in [0.15, 0.2) is 30.3 Å². The lowest BCUT2D eigenvalue weighted by molar-refractivity contribution is -0.132. The number of anilines is 1. The number of aryl methyl sites for hydroxylation is 2. The lowest BCUT2D eigenvalue weighted by atomic mass is 9.82. The topological polar surface area (TPSA) is 91.8 Å². The van der Waals surface area contributed by atoms with Gasteiger partial charge in [0.1, 0.15) is 17.9 Å². The molecule has 1 saturated heterocycles. The van der Waals surface area contributed by atoms with E-state index in [0.29, 0.717) is 25.2 Å². The van der Waals surface area contributed by atoms with Crippen molar-refractivity contribution >= 4 is 18.0 Å². The molecule has 194 valence electrons. The van der Waals surface area contributed by atoms with Crippen LogP contribution in [0.4, 0.5) is 5.82 Å². The van der Waals surface area contributed by atoms with Crippen molar-refractivity contribution in [2.45, 2.75) is 63.7 Å². The smallest absolute Gasteiger partial charge is 0.222 e. The lowest BCUT2D eigenvalue weighted by Crippen LogP contribution is -2.38. The zero-order chi connectivity index (χ0) is 25.3. The zero-order valence-corrected chi connectivity index (χ0v) is 21.4. The maximum absolute atomic E-state index is 12.8. The maximum Gasteiger partial charge on any atom is 0.222 e. The van der Waals surface area contributed by atoms with Gasteiger partial charge in [-0.15, -0.1) is 0 Å². The van der Waals surface area contributed by atoms with Crippen LogP contribution < -0.4 is 10.1 Å². The molecule has 0 saturated carbocycles. The second-order valence-electron chi connectivity index (χ2n) is 9.97. The third-order valence-electron chi connectivity index (χ3n) is 7.70. The van der Waals surface area contributed by atoms with E-state index in [1.54, 1.807) is 0 Å². The number of fused-ring (bicyclic) bond motifs is 2. The van der Waals surface area contributed by atoms with Crippen molar-refractivity contribution in [3.63, 3.8) is 0 Å². The highest BCUT2D eigenvalue weighted by Gasteiger charge is 2.26. The quantitative estimate of drug-likeness (QED) is 0.542. The number of aliphatic hydroxyl groups is 1. The number of hydrogen-bond donors (Lipinski definition) is 2. The summed E-state index contributed by atoms with van der Waals surface area (Å²) < 4.78 is 5.74. The number of aldehydes is 1. The van der Waals surface area contributed by atoms with Crippen LogP contribution in [-0.4, -0.2) is 60.5 Å². The summed E-state index contributed by atoms with van der Waals surface area (Å²) >= 11 is 0. The number of pyridine rings is 1. The normalized spacial score (nSPS) is 17.6. The molecule has 0 aliphatic carbocycles. The van der Waals surface area contributed by atoms with Crippen molar-refractivity contribution in [2.24, 2.45) is 5.92 Å². The first kappa shape index (κ1) is 26.1. The van der Waals surface area contributed by atoms with E-state index in [0.717, 1.165) is 95.4 Å². The van der Waals surface area contributed by atoms with E-state index >= 15 is 0 Å². The minimum Gasteiger partial charge on any atom is -0.493 e. The fourth-order valence-corrected chi connectivity index (χ4v) is 5.64. The van der Waals surface area contributed by atoms with Crippen molar-refractivity contribution in [1.29, 1.82) is 0 Å². The Balaban J connectivity index is 0.00000148. The standard InChI is InChI=1S/C28H35N3O3.CH4O/c32-16-11-24(23-4-3-21-12-17-34-26(21)19-23)18-20-9-14-31(15-10-20)27(33)8-7-25-6-5-22-2-1-13-29-28(22)30-25;1-2/h3-6,16,19-20,24H,1-2,7-15,17-18H2,(H,29,30);2H,1H3. The first-order chi connectivity index (χ1) is 17.7. The minimum atomic E-state index is 0.225. The predicted molar refractivity (Wildman–Crippen MR) is 140 cm³/mol. The fourth-order valence-electron chi connectivity index (χ4n) is 5.64. The number of rotatable bonds is 8. The second-order valence-corrected chi connectivity index (χ2v) is 9.97. The van der Waals surface area contributed by atoms with Crippen molar-refractivity contribution in [1.82, 2.24) is 9.88 Å². The molecule has 0 bridgehead atoms. The summed E-state index contributed by atoms with van der Waals surface area (Å²) in [5.74, 6) is 2.97. The average molecular weight is 494 g/mol. The summed E-state index contributed by atoms with van der Waals surface area (Å²) in [5.41, 5.74) is 4.75. The molecule has 1 atom stereocenters. The molecule has 7 heteroatoms. The Bertz CT molecular complexity index is 1030. The Morgan fingerprint density at radius 1 is 1.19 bits per heavy atom. The van der Waals surface area contributed by atoms with Crippen molar-refractivity contribution in [3.8, 4) is 5.75 Å². The van der Waals surface area contributed by atoms with E-state index in [1.807, 2.05) is 4.90 Å². The molecule has 0 radical (unpaired) electrons. The van der Waals surface area contributed by atoms with Crippen LogP contribution in [0.1, 0.15) is 66.8 Å². The third-order valence-corrected chi connectivity index (χ3v) is 7.70. The van der Waals surface area contributed by atoms with Crippen LogP contribution >= 0.6 is 0 Å². The number of aliphatic hydroxyl groups excluding tert-OH is 1. The number of carbonyl (C=O) groups is 2. The summed E-state index contributed by atoms with van der Waals surface area (Å²) in [6.45, 7) is 3.35. The molecule has 3 aliphatic rings. The number of piperidine rings is 1. The first-order valence-corrected chi connectivity index (χ1v) is 13.3. The number of benzene rings is 1. The molecule has 1 fully saturated rings. The maximum atomic E-state index is 12.8. The molecule has 7 nitrogen and oxygen atoms in total. The first-order valence-electron chi connectivity index (χ1n) is 13.3. The number of aromatic nitrogens is 1. The van der Waals surface area contributed by atoms with E-state index in [1.165, 1.54) is 16.7 Å². The molecule has 1 amide bonds. The van der Waals surface area contributed by atoms with Gasteiger partial charge in [-0.25, -0.2) is 4.98 Å². The monoisotopic (exact) mass is 493 g/mol. The van der Waals surface area contributed by atoms with E-state index in [2.05, 4.69) is 35.6 Å². The molecule has 0 spiro atoms. The molecule has 2 N–H and O–H groups in total. The lowest BCUT2D eigenvalue weighted by Gasteiger charge is -2.33. The van der Waals surface area contributed by atoms with Gasteiger partial charge < -0.3 is 24.9 Å². The summed E-state index contributed by atoms with van der Waals surface area (Å²) in [5, 5.41) is 10.4. The summed E-state index contributed by atoms with van der Waals surface area (Å²) in [6, 6.07) is 10.7. The highest BCUT2D eigenvalue weighted by Crippen LogP contribution is 2.35. The van der Waals surface area contributed by atoms with Crippen molar-refractivity contribution in [3.05, 3.63) is 52.7 Å². The van der Waals surface area contributed by atoms with Gasteiger partial charge in [0.15, 0.2) is 0 Å². The highest BCUT2D eigenvalue weighted by atomic mass is 16.5. The van der Waals surface area contributed by atoms with E-state index in [9.17, 15) is 9.59 Å². The second kappa shape index (κ2) is 12.9. The molecule has 5 rings (SSSR count). The van der Waals surface area contributed by atoms with Crippen LogP contribution in [0.5, 0.6) is 5.75 Å². The zero-order valence-electron chi connectivity index (χ0n) is 21.4. The van der Waals surface area contributed by atoms with Gasteiger partial charge in [-0.2, -0.15) is 0 Å². The van der Waals surface area contributed by atoms with Gasteiger partial charge in [-0.3, -0.25) is 4.79 Å². The molecular weight excluding hydrogens is 454 g/mol. The molecule has 1 unspecified atom stereocenters. The van der Waals surface area contributed by atoms with Crippen LogP contribution in [0.3, 0.4) is 0 Å². The Kier molecular flexibility index (Phi) is 9.34. The van der Waals surface area contributed by atoms with Gasteiger partial charge in [0.25, 0.3) is 0 Å². The summed E-state index contributed by atoms with van der Waals surface area (Å²) in [4.78, 5) is 31.0. The number of amides is 1. The van der Waals surface area contributed by atoms with Crippen molar-refractivity contribution in [2.75, 3.05) is 38.7 Å². The van der Waals surface area contributed by atoms with E-state index < -0.39 is 0 Å². The highest BCUT2D eigenvalue weighted by molar-refractivity contribution is 5.76. The Hall–Kier alpha value is -2.93. The molecular formula is C29H39N3O4. The van der Waals surface area contributed by atoms with E-state index in [4.69, 9.17) is 14.8 Å². The number of nitrogens with zero attached hydrogens (tertiary/aromatic N) is 2. The van der Waals surface area contributed by atoms with Gasteiger partial charge >= 0.3 is 0 Å². The van der Waals surface area contributed by atoms with Gasteiger partial charge in [0, 0.05) is 51.7 Å². The molecule has 3 aliphatic heterocycles. The number of ether oxygens (including phenoxy) is 1. The van der Waals surface area contributed by atoms with E-state index in [-0.39, 0.29) is 11.8 Å². The largest absolute Gasteiger partial charge is 0.493 e. The molecule has 4 heterocycles. The number of nitrogens with one attached hydrogen (secondary N) is 1. The minimum absolute atomic E-state index is 0.225. The summed E-state index contributed by atoms with van der Waals surface area (Å²) in [7, 11) is 1.00. The molecule has 1 aromatic carbocycles. The fraction of sp³-hybridized carbons (Fsp3) is 0.552. The Morgan fingerprint density at radius 2 is 2.00 bits per heavy atom. The van der Waals surface area contributed by atoms with Gasteiger partial charge in [0.05, 0.1) is 6.61 Å². The predicted octanol–water partition coefficient (Wildman–Crippen LogP) is 3.92. The molecule has 1 aromatic heterocycles. The van der Waals surface area contributed by atoms with Gasteiger partial charge in [-0.1, -0.05) is 18.2 Å². The number of carbonyl (C=O) groups excluding carboxylic acids is 2. The van der Waals surface area contributed by atoms with Crippen molar-refractivity contribution < 1.29 is 19.4 Å². The SMILES string of the molecule is CO.O=CCC(CC1CCN(C(=O)CCc2ccc3c(n2)NCCC3)CC1)c1ccc2c(c1)OCC2. The Morgan fingerprint density at radius 3 is 2.81 bits per heavy atom. The average Bonchev–Trinajstić information content (AvgIpc) is 3.41. The molecule has 2 aromatic rings. The molecule has 36 heavy (non-hydrogen) atoms. The van der Waals surface area contributed by atoms with Gasteiger partial charge in [0.2, 0.25) is 5.91 Å². The van der Waals surface area contributed by atoms with Crippen LogP contribution in [0.2, 0.25) is 0 Å². The van der Waals surface area contributed by atoms with Crippen LogP contribution in [-0.2, 0) is 28.9 Å². The Labute approximate surface area is 214 Å². The third kappa shape index (κ3) is 6.44.